The van der Waals surface area contributed by atoms with Crippen LogP contribution in [0.25, 0.3) is 0 Å². The van der Waals surface area contributed by atoms with Crippen LogP contribution in [-0.4, -0.2) is 19.0 Å². The summed E-state index contributed by atoms with van der Waals surface area (Å²) in [4.78, 5) is 24.6. The van der Waals surface area contributed by atoms with E-state index in [4.69, 9.17) is 21.1 Å². The van der Waals surface area contributed by atoms with Gasteiger partial charge in [-0.15, -0.1) is 0 Å². The van der Waals surface area contributed by atoms with Crippen molar-refractivity contribution in [2.75, 3.05) is 12.4 Å². The first kappa shape index (κ1) is 23.0. The number of rotatable bonds is 5. The second kappa shape index (κ2) is 9.61. The maximum Gasteiger partial charge on any atom is 0.416 e. The Morgan fingerprint density at radius 2 is 1.56 bits per heavy atom. The molecule has 3 aromatic carbocycles. The third-order valence-electron chi connectivity index (χ3n) is 4.19. The van der Waals surface area contributed by atoms with Crippen LogP contribution in [0.3, 0.4) is 0 Å². The first-order valence-electron chi connectivity index (χ1n) is 9.08. The minimum absolute atomic E-state index is 0.0267. The fourth-order valence-corrected chi connectivity index (χ4v) is 2.91. The van der Waals surface area contributed by atoms with Crippen LogP contribution >= 0.6 is 11.6 Å². The van der Waals surface area contributed by atoms with E-state index in [1.54, 1.807) is 36.4 Å². The number of hydrogen-bond donors (Lipinski definition) is 2. The summed E-state index contributed by atoms with van der Waals surface area (Å²) in [5.74, 6) is -0.378. The van der Waals surface area contributed by atoms with E-state index in [0.29, 0.717) is 11.8 Å². The van der Waals surface area contributed by atoms with E-state index in [9.17, 15) is 22.8 Å². The zero-order valence-electron chi connectivity index (χ0n) is 16.5. The Kier molecular flexibility index (Phi) is 6.89. The van der Waals surface area contributed by atoms with Gasteiger partial charge in [-0.2, -0.15) is 13.2 Å². The molecule has 0 saturated heterocycles. The van der Waals surface area contributed by atoms with Gasteiger partial charge >= 0.3 is 12.2 Å². The smallest absolute Gasteiger partial charge is 0.416 e. The summed E-state index contributed by atoms with van der Waals surface area (Å²) in [6.45, 7) is 0. The number of ether oxygens (including phenoxy) is 2. The molecule has 0 aliphatic heterocycles. The van der Waals surface area contributed by atoms with Crippen LogP contribution in [0.1, 0.15) is 15.9 Å². The van der Waals surface area contributed by atoms with Gasteiger partial charge in [-0.3, -0.25) is 10.1 Å². The predicted molar refractivity (Wildman–Crippen MR) is 112 cm³/mol. The number of amides is 3. The van der Waals surface area contributed by atoms with Crippen molar-refractivity contribution < 1.29 is 32.2 Å². The number of benzene rings is 3. The van der Waals surface area contributed by atoms with Crippen molar-refractivity contribution in [2.24, 2.45) is 0 Å². The lowest BCUT2D eigenvalue weighted by Gasteiger charge is -2.16. The van der Waals surface area contributed by atoms with E-state index in [0.717, 1.165) is 12.1 Å². The Bertz CT molecular complexity index is 1150. The van der Waals surface area contributed by atoms with Gasteiger partial charge in [0.2, 0.25) is 0 Å². The number of nitrogens with one attached hydrogen (secondary N) is 2. The number of hydrogen-bond acceptors (Lipinski definition) is 4. The summed E-state index contributed by atoms with van der Waals surface area (Å²) in [6, 6.07) is 14.0. The average Bonchev–Trinajstić information content (AvgIpc) is 2.74. The Morgan fingerprint density at radius 1 is 0.906 bits per heavy atom. The fourth-order valence-electron chi connectivity index (χ4n) is 2.68. The van der Waals surface area contributed by atoms with Gasteiger partial charge in [-0.05, 0) is 42.5 Å². The molecule has 0 unspecified atom stereocenters. The number of carbonyl (C=O) groups is 2. The SMILES string of the molecule is COc1ccccc1Oc1ccc(C(F)(F)F)cc1NC(=O)NC(=O)c1ccccc1Cl. The molecule has 0 bridgehead atoms. The number of urea groups is 1. The fraction of sp³-hybridized carbons (Fsp3) is 0.0909. The monoisotopic (exact) mass is 464 g/mol. The Morgan fingerprint density at radius 3 is 2.22 bits per heavy atom. The maximum absolute atomic E-state index is 13.2. The number of methoxy groups -OCH3 is 1. The van der Waals surface area contributed by atoms with Crippen LogP contribution in [0.15, 0.2) is 66.7 Å². The van der Waals surface area contributed by atoms with E-state index in [1.165, 1.54) is 19.2 Å². The molecule has 0 heterocycles. The maximum atomic E-state index is 13.2. The van der Waals surface area contributed by atoms with Gasteiger partial charge in [0.25, 0.3) is 5.91 Å². The van der Waals surface area contributed by atoms with E-state index in [2.05, 4.69) is 5.32 Å². The van der Waals surface area contributed by atoms with Gasteiger partial charge in [0.05, 0.1) is 28.9 Å². The number of alkyl halides is 3. The lowest BCUT2D eigenvalue weighted by Crippen LogP contribution is -2.34. The van der Waals surface area contributed by atoms with E-state index >= 15 is 0 Å². The number of imide groups is 1. The molecule has 6 nitrogen and oxygen atoms in total. The van der Waals surface area contributed by atoms with Gasteiger partial charge in [0, 0.05) is 0 Å². The number of para-hydroxylation sites is 2. The molecule has 10 heteroatoms. The zero-order chi connectivity index (χ0) is 23.3. The molecule has 0 spiro atoms. The topological polar surface area (TPSA) is 76.7 Å². The van der Waals surface area contributed by atoms with E-state index < -0.39 is 23.7 Å². The van der Waals surface area contributed by atoms with Crippen molar-refractivity contribution in [3.05, 3.63) is 82.9 Å². The summed E-state index contributed by atoms with van der Waals surface area (Å²) >= 11 is 5.93. The molecule has 0 aromatic heterocycles. The largest absolute Gasteiger partial charge is 0.493 e. The van der Waals surface area contributed by atoms with Crippen molar-refractivity contribution in [2.45, 2.75) is 6.18 Å². The van der Waals surface area contributed by atoms with Crippen LogP contribution in [0, 0.1) is 0 Å². The van der Waals surface area contributed by atoms with Crippen molar-refractivity contribution in [3.8, 4) is 17.2 Å². The summed E-state index contributed by atoms with van der Waals surface area (Å²) in [5, 5.41) is 4.35. The average molecular weight is 465 g/mol. The molecule has 0 fully saturated rings. The molecule has 3 aromatic rings. The number of halogens is 4. The van der Waals surface area contributed by atoms with Gasteiger partial charge in [0.15, 0.2) is 17.2 Å². The van der Waals surface area contributed by atoms with Crippen LogP contribution in [0.2, 0.25) is 5.02 Å². The van der Waals surface area contributed by atoms with Crippen LogP contribution in [0.4, 0.5) is 23.7 Å². The molecule has 0 radical (unpaired) electrons. The quantitative estimate of drug-likeness (QED) is 0.477. The zero-order valence-corrected chi connectivity index (χ0v) is 17.3. The molecule has 3 amide bonds. The van der Waals surface area contributed by atoms with E-state index in [1.807, 2.05) is 5.32 Å². The summed E-state index contributed by atoms with van der Waals surface area (Å²) in [5.41, 5.74) is -1.30. The molecular formula is C22H16ClF3N2O4. The highest BCUT2D eigenvalue weighted by Crippen LogP contribution is 2.39. The van der Waals surface area contributed by atoms with Crippen molar-refractivity contribution >= 4 is 29.2 Å². The minimum atomic E-state index is -4.66. The highest BCUT2D eigenvalue weighted by molar-refractivity contribution is 6.34. The Hall–Kier alpha value is -3.72. The van der Waals surface area contributed by atoms with Crippen LogP contribution in [0.5, 0.6) is 17.2 Å². The molecule has 3 rings (SSSR count). The lowest BCUT2D eigenvalue weighted by molar-refractivity contribution is -0.137. The molecule has 2 N–H and O–H groups in total. The lowest BCUT2D eigenvalue weighted by atomic mass is 10.1. The van der Waals surface area contributed by atoms with Crippen molar-refractivity contribution in [3.63, 3.8) is 0 Å². The minimum Gasteiger partial charge on any atom is -0.493 e. The van der Waals surface area contributed by atoms with Crippen molar-refractivity contribution in [1.82, 2.24) is 5.32 Å². The highest BCUT2D eigenvalue weighted by Gasteiger charge is 2.31. The number of anilines is 1. The molecule has 32 heavy (non-hydrogen) atoms. The van der Waals surface area contributed by atoms with Crippen LogP contribution < -0.4 is 20.1 Å². The van der Waals surface area contributed by atoms with Crippen molar-refractivity contribution in [1.29, 1.82) is 0 Å². The van der Waals surface area contributed by atoms with Gasteiger partial charge in [0.1, 0.15) is 0 Å². The van der Waals surface area contributed by atoms with Gasteiger partial charge in [-0.25, -0.2) is 4.79 Å². The molecular weight excluding hydrogens is 449 g/mol. The second-order valence-electron chi connectivity index (χ2n) is 6.35. The molecule has 0 aliphatic rings. The van der Waals surface area contributed by atoms with Gasteiger partial charge < -0.3 is 14.8 Å². The van der Waals surface area contributed by atoms with Gasteiger partial charge in [-0.1, -0.05) is 35.9 Å². The van der Waals surface area contributed by atoms with Crippen LogP contribution in [-0.2, 0) is 6.18 Å². The Balaban J connectivity index is 1.88. The first-order chi connectivity index (χ1) is 15.2. The molecule has 0 saturated carbocycles. The summed E-state index contributed by atoms with van der Waals surface area (Å²) in [6.07, 6.45) is -4.66. The number of carbonyl (C=O) groups excluding carboxylic acids is 2. The predicted octanol–water partition coefficient (Wildman–Crippen LogP) is 6.12. The highest BCUT2D eigenvalue weighted by atomic mass is 35.5. The van der Waals surface area contributed by atoms with E-state index in [-0.39, 0.29) is 27.8 Å². The molecule has 166 valence electrons. The summed E-state index contributed by atoms with van der Waals surface area (Å²) < 4.78 is 50.4. The first-order valence-corrected chi connectivity index (χ1v) is 9.46. The standard InChI is InChI=1S/C22H16ClF3N2O4/c1-31-18-8-4-5-9-19(18)32-17-11-10-13(22(24,25)26)12-16(17)27-21(30)28-20(29)14-6-2-3-7-15(14)23/h2-12H,1H3,(H2,27,28,29,30). The molecule has 0 aliphatic carbocycles. The second-order valence-corrected chi connectivity index (χ2v) is 6.76. The normalized spacial score (nSPS) is 10.9. The third kappa shape index (κ3) is 5.50. The third-order valence-corrected chi connectivity index (χ3v) is 4.52. The molecule has 0 atom stereocenters. The summed E-state index contributed by atoms with van der Waals surface area (Å²) in [7, 11) is 1.40. The Labute approximate surface area is 185 Å².